The normalized spacial score (nSPS) is 22.3. The van der Waals surface area contributed by atoms with Gasteiger partial charge in [-0.05, 0) is 93.2 Å². The third-order valence-electron chi connectivity index (χ3n) is 13.2. The summed E-state index contributed by atoms with van der Waals surface area (Å²) in [6, 6.07) is 7.41. The first-order valence-corrected chi connectivity index (χ1v) is 21.0. The quantitative estimate of drug-likeness (QED) is 0.116. The lowest BCUT2D eigenvalue weighted by molar-refractivity contribution is -0.135. The summed E-state index contributed by atoms with van der Waals surface area (Å²) >= 11 is 0. The number of piperazine rings is 1. The first-order valence-electron chi connectivity index (χ1n) is 21.0. The first kappa shape index (κ1) is 42.6. The van der Waals surface area contributed by atoms with Gasteiger partial charge in [0.2, 0.25) is 23.6 Å². The average Bonchev–Trinajstić information content (AvgIpc) is 3.87. The lowest BCUT2D eigenvalue weighted by Crippen LogP contribution is -2.47. The SMILES string of the molecule is CC[C@]1(c2noc(-c3ccnc(N4CCN(CCCc5ccc6c(c5)n(C)c(=O)n6C5CCC(=O)NC5=O)CC4)n3)n2)CC[C@@](C)(CNC(=O)c2cc(F)c(O)c(F)c2F)CC1. The number of fused-ring (bicyclic) bond motifs is 1. The highest BCUT2D eigenvalue weighted by atomic mass is 19.2. The van der Waals surface area contributed by atoms with Crippen molar-refractivity contribution in [1.82, 2.24) is 44.8 Å². The van der Waals surface area contributed by atoms with Crippen molar-refractivity contribution < 1.29 is 37.2 Å². The van der Waals surface area contributed by atoms with Crippen LogP contribution in [0.15, 0.2) is 45.8 Å². The van der Waals surface area contributed by atoms with E-state index in [1.165, 1.54) is 4.57 Å². The number of aromatic nitrogens is 6. The number of halogens is 3. The monoisotopic (exact) mass is 858 g/mol. The van der Waals surface area contributed by atoms with Crippen LogP contribution in [0.3, 0.4) is 0 Å². The van der Waals surface area contributed by atoms with E-state index in [1.54, 1.807) is 23.9 Å². The van der Waals surface area contributed by atoms with E-state index in [2.05, 4.69) is 37.5 Å². The number of phenols is 1. The molecule has 5 aromatic rings. The number of benzene rings is 2. The van der Waals surface area contributed by atoms with E-state index < -0.39 is 46.6 Å². The second kappa shape index (κ2) is 17.0. The molecule has 0 bridgehead atoms. The fourth-order valence-electron chi connectivity index (χ4n) is 9.02. The van der Waals surface area contributed by atoms with Crippen LogP contribution >= 0.6 is 0 Å². The summed E-state index contributed by atoms with van der Waals surface area (Å²) in [5.74, 6) is -6.61. The number of carbonyl (C=O) groups is 3. The van der Waals surface area contributed by atoms with E-state index in [1.807, 2.05) is 25.1 Å². The Hall–Kier alpha value is -6.11. The molecule has 62 heavy (non-hydrogen) atoms. The van der Waals surface area contributed by atoms with E-state index in [0.29, 0.717) is 61.2 Å². The van der Waals surface area contributed by atoms with Gasteiger partial charge in [-0.2, -0.15) is 9.37 Å². The molecule has 3 aliphatic rings. The van der Waals surface area contributed by atoms with E-state index >= 15 is 0 Å². The topological polar surface area (TPSA) is 194 Å². The highest BCUT2D eigenvalue weighted by molar-refractivity contribution is 6.00. The zero-order valence-electron chi connectivity index (χ0n) is 34.8. The molecule has 3 fully saturated rings. The predicted molar refractivity (Wildman–Crippen MR) is 220 cm³/mol. The smallest absolute Gasteiger partial charge is 0.329 e. The Bertz CT molecular complexity index is 2590. The Morgan fingerprint density at radius 1 is 1.00 bits per heavy atom. The van der Waals surface area contributed by atoms with Crippen LogP contribution in [0, 0.1) is 22.9 Å². The van der Waals surface area contributed by atoms with Crippen molar-refractivity contribution in [1.29, 1.82) is 0 Å². The molecular formula is C43H49F3N10O6. The number of nitrogens with one attached hydrogen (secondary N) is 2. The lowest BCUT2D eigenvalue weighted by atomic mass is 9.63. The molecule has 1 aliphatic carbocycles. The number of imidazole rings is 1. The van der Waals surface area contributed by atoms with Gasteiger partial charge < -0.3 is 19.8 Å². The van der Waals surface area contributed by atoms with Crippen LogP contribution in [0.1, 0.15) is 93.0 Å². The molecule has 1 atom stereocenters. The van der Waals surface area contributed by atoms with E-state index in [0.717, 1.165) is 63.1 Å². The molecule has 3 amide bonds. The Morgan fingerprint density at radius 2 is 1.76 bits per heavy atom. The highest BCUT2D eigenvalue weighted by Gasteiger charge is 2.44. The average molecular weight is 859 g/mol. The Balaban J connectivity index is 0.831. The van der Waals surface area contributed by atoms with Gasteiger partial charge in [0.15, 0.2) is 23.2 Å². The van der Waals surface area contributed by atoms with Gasteiger partial charge in [0, 0.05) is 57.8 Å². The third-order valence-corrected chi connectivity index (χ3v) is 13.2. The number of aryl methyl sites for hydroxylation is 2. The van der Waals surface area contributed by atoms with Crippen molar-refractivity contribution in [3.63, 3.8) is 0 Å². The summed E-state index contributed by atoms with van der Waals surface area (Å²) in [5, 5.41) is 18.7. The molecule has 8 rings (SSSR count). The Labute approximate surface area is 354 Å². The molecule has 2 aromatic carbocycles. The van der Waals surface area contributed by atoms with Crippen molar-refractivity contribution >= 4 is 34.7 Å². The van der Waals surface area contributed by atoms with Crippen LogP contribution in [0.4, 0.5) is 19.1 Å². The van der Waals surface area contributed by atoms with Crippen LogP contribution in [0.2, 0.25) is 0 Å². The minimum atomic E-state index is -1.81. The molecule has 19 heteroatoms. The number of amides is 3. The van der Waals surface area contributed by atoms with Gasteiger partial charge in [-0.25, -0.2) is 23.5 Å². The summed E-state index contributed by atoms with van der Waals surface area (Å²) in [7, 11) is 1.70. The van der Waals surface area contributed by atoms with Crippen LogP contribution in [-0.2, 0) is 28.5 Å². The molecule has 1 saturated carbocycles. The minimum absolute atomic E-state index is 0.151. The summed E-state index contributed by atoms with van der Waals surface area (Å²) in [6.45, 7) is 8.22. The van der Waals surface area contributed by atoms with Gasteiger partial charge in [0.05, 0.1) is 16.6 Å². The summed E-state index contributed by atoms with van der Waals surface area (Å²) in [4.78, 5) is 68.8. The number of imide groups is 1. The summed E-state index contributed by atoms with van der Waals surface area (Å²) < 4.78 is 50.8. The molecule has 0 radical (unpaired) electrons. The van der Waals surface area contributed by atoms with Gasteiger partial charge in [0.25, 0.3) is 11.8 Å². The minimum Gasteiger partial charge on any atom is -0.503 e. The van der Waals surface area contributed by atoms with Crippen LogP contribution in [-0.4, -0.2) is 96.2 Å². The molecule has 1 unspecified atom stereocenters. The predicted octanol–water partition coefficient (Wildman–Crippen LogP) is 4.69. The van der Waals surface area contributed by atoms with Crippen molar-refractivity contribution in [2.45, 2.75) is 83.1 Å². The summed E-state index contributed by atoms with van der Waals surface area (Å²) in [5.41, 5.74) is 1.17. The van der Waals surface area contributed by atoms with Gasteiger partial charge in [-0.1, -0.05) is 25.1 Å². The number of aromatic hydroxyl groups is 1. The third kappa shape index (κ3) is 8.16. The van der Waals surface area contributed by atoms with Crippen LogP contribution in [0.25, 0.3) is 22.6 Å². The van der Waals surface area contributed by atoms with Crippen molar-refractivity contribution in [2.24, 2.45) is 12.5 Å². The maximum Gasteiger partial charge on any atom is 0.329 e. The fourth-order valence-corrected chi connectivity index (χ4v) is 9.02. The maximum absolute atomic E-state index is 14.3. The molecule has 16 nitrogen and oxygen atoms in total. The Morgan fingerprint density at radius 3 is 2.48 bits per heavy atom. The van der Waals surface area contributed by atoms with Gasteiger partial charge in [-0.15, -0.1) is 0 Å². The molecule has 328 valence electrons. The second-order valence-corrected chi connectivity index (χ2v) is 17.1. The maximum atomic E-state index is 14.3. The Kier molecular flexibility index (Phi) is 11.7. The number of hydrogen-bond acceptors (Lipinski definition) is 12. The summed E-state index contributed by atoms with van der Waals surface area (Å²) in [6.07, 6.45) is 7.33. The van der Waals surface area contributed by atoms with Gasteiger partial charge in [0.1, 0.15) is 11.7 Å². The van der Waals surface area contributed by atoms with Crippen LogP contribution in [0.5, 0.6) is 5.75 Å². The van der Waals surface area contributed by atoms with Crippen molar-refractivity contribution in [3.8, 4) is 17.3 Å². The number of piperidine rings is 1. The zero-order chi connectivity index (χ0) is 43.9. The number of phenolic OH excluding ortho intramolecular Hbond substituents is 1. The number of hydrogen-bond donors (Lipinski definition) is 3. The number of nitrogens with zero attached hydrogens (tertiary/aromatic N) is 8. The first-order chi connectivity index (χ1) is 29.7. The fraction of sp³-hybridized carbons (Fsp3) is 0.488. The molecule has 3 aromatic heterocycles. The highest BCUT2D eigenvalue weighted by Crippen LogP contribution is 2.48. The molecular weight excluding hydrogens is 810 g/mol. The zero-order valence-corrected chi connectivity index (χ0v) is 34.8. The number of rotatable bonds is 12. The van der Waals surface area contributed by atoms with Crippen LogP contribution < -0.4 is 21.2 Å². The van der Waals surface area contributed by atoms with Crippen molar-refractivity contribution in [3.05, 3.63) is 81.4 Å². The van der Waals surface area contributed by atoms with E-state index in [-0.39, 0.29) is 41.3 Å². The molecule has 5 heterocycles. The van der Waals surface area contributed by atoms with Gasteiger partial charge >= 0.3 is 5.69 Å². The molecule has 3 N–H and O–H groups in total. The molecule has 2 aliphatic heterocycles. The van der Waals surface area contributed by atoms with E-state index in [4.69, 9.17) is 14.5 Å². The standard InChI is InChI=1S/C43H49F3N10O6/c1-4-43(14-12-42(2,13-15-43)24-48-36(59)26-23-27(44)35(58)34(46)33(26)45)39-51-38(62-52-39)28-11-16-47-40(49-28)55-20-18-54(19-21-55)17-5-6-25-7-8-29-31(22-25)53(3)41(61)56(29)30-9-10-32(57)50-37(30)60/h7-8,11,16,22-23,30,58H,4-6,9-10,12-15,17-21,24H2,1-3H3,(H,48,59)(H,50,57,60)/t30?,42-,43+. The molecule has 2 saturated heterocycles. The largest absolute Gasteiger partial charge is 0.503 e. The van der Waals surface area contributed by atoms with Crippen molar-refractivity contribution in [2.75, 3.05) is 44.2 Å². The second-order valence-electron chi connectivity index (χ2n) is 17.1. The number of anilines is 1. The van der Waals surface area contributed by atoms with E-state index in [9.17, 15) is 37.5 Å². The van der Waals surface area contributed by atoms with Gasteiger partial charge in [-0.3, -0.25) is 33.7 Å². The number of carbonyl (C=O) groups excluding carboxylic acids is 3. The molecule has 0 spiro atoms. The lowest BCUT2D eigenvalue weighted by Gasteiger charge is -2.43.